The summed E-state index contributed by atoms with van der Waals surface area (Å²) in [6, 6.07) is 0. The number of rotatable bonds is 0. The van der Waals surface area contributed by atoms with Crippen LogP contribution in [0.3, 0.4) is 0 Å². The van der Waals surface area contributed by atoms with Gasteiger partial charge in [0.05, 0.1) is 0 Å². The summed E-state index contributed by atoms with van der Waals surface area (Å²) in [5, 5.41) is 0. The number of hydrogen-bond donors (Lipinski definition) is 0. The van der Waals surface area contributed by atoms with Gasteiger partial charge in [-0.25, -0.2) is 8.42 Å². The molecule has 0 aromatic rings. The van der Waals surface area contributed by atoms with Gasteiger partial charge in [-0.2, -0.15) is 13.2 Å². The molecule has 0 spiro atoms. The molecule has 0 bridgehead atoms. The van der Waals surface area contributed by atoms with Gasteiger partial charge in [0.1, 0.15) is 0 Å². The molecule has 0 aliphatic rings. The van der Waals surface area contributed by atoms with Crippen molar-refractivity contribution in [3.63, 3.8) is 0 Å². The summed E-state index contributed by atoms with van der Waals surface area (Å²) in [6.07, 6.45) is 0. The van der Waals surface area contributed by atoms with Crippen LogP contribution < -0.4 is 0 Å². The average Bonchev–Trinajstić information content (AvgIpc) is 1.25. The minimum Gasteiger partial charge on any atom is -0.741 e. The minimum atomic E-state index is -6.09. The van der Waals surface area contributed by atoms with E-state index in [0.717, 1.165) is 0 Å². The number of halogens is 3. The molecular formula is CF3O3STb+2. The van der Waals surface area contributed by atoms with Gasteiger partial charge in [0.2, 0.25) is 0 Å². The number of hydrogen-bond acceptors (Lipinski definition) is 3. The van der Waals surface area contributed by atoms with Crippen molar-refractivity contribution < 1.29 is 64.8 Å². The minimum absolute atomic E-state index is 0. The van der Waals surface area contributed by atoms with E-state index in [0.29, 0.717) is 0 Å². The van der Waals surface area contributed by atoms with Gasteiger partial charge in [0, 0.05) is 0 Å². The van der Waals surface area contributed by atoms with Gasteiger partial charge in [-0.1, -0.05) is 0 Å². The van der Waals surface area contributed by atoms with Crippen LogP contribution in [0, 0.1) is 38.6 Å². The van der Waals surface area contributed by atoms with Crippen molar-refractivity contribution in [1.82, 2.24) is 0 Å². The first-order valence-electron chi connectivity index (χ1n) is 1.27. The maximum atomic E-state index is 10.7. The van der Waals surface area contributed by atoms with E-state index in [2.05, 4.69) is 0 Å². The van der Waals surface area contributed by atoms with E-state index in [4.69, 9.17) is 13.0 Å². The summed E-state index contributed by atoms with van der Waals surface area (Å²) in [4.78, 5) is 0. The Morgan fingerprint density at radius 1 is 1.22 bits per heavy atom. The summed E-state index contributed by atoms with van der Waals surface area (Å²) in [5.41, 5.74) is -5.65. The largest absolute Gasteiger partial charge is 3.00 e. The maximum absolute atomic E-state index is 10.7. The molecule has 56 valence electrons. The van der Waals surface area contributed by atoms with Crippen molar-refractivity contribution in [2.45, 2.75) is 5.51 Å². The van der Waals surface area contributed by atoms with E-state index in [1.807, 2.05) is 0 Å². The molecule has 0 aliphatic heterocycles. The Kier molecular flexibility index (Phi) is 4.77. The van der Waals surface area contributed by atoms with Crippen molar-refractivity contribution in [3.8, 4) is 0 Å². The van der Waals surface area contributed by atoms with Crippen LogP contribution in [0.4, 0.5) is 13.2 Å². The fourth-order valence-corrected chi connectivity index (χ4v) is 0. The summed E-state index contributed by atoms with van der Waals surface area (Å²) >= 11 is 0. The standard InChI is InChI=1S/CHF3O3S.Tb/c2-1(3,4)8(5,6)7;/h(H,5,6,7);/q;+3/p-1. The first-order chi connectivity index (χ1) is 3.25. The van der Waals surface area contributed by atoms with Crippen molar-refractivity contribution in [2.75, 3.05) is 0 Å². The summed E-state index contributed by atoms with van der Waals surface area (Å²) in [5.74, 6) is 0. The monoisotopic (exact) mass is 308 g/mol. The van der Waals surface area contributed by atoms with Gasteiger partial charge in [-0.15, -0.1) is 0 Å². The summed E-state index contributed by atoms with van der Waals surface area (Å²) in [7, 11) is -6.09. The molecule has 0 aromatic carbocycles. The van der Waals surface area contributed by atoms with Crippen LogP contribution in [0.5, 0.6) is 0 Å². The molecule has 0 fully saturated rings. The third-order valence-corrected chi connectivity index (χ3v) is 0.850. The predicted octanol–water partition coefficient (Wildman–Crippen LogP) is 0.0514. The Hall–Kier alpha value is 0.986. The van der Waals surface area contributed by atoms with E-state index in [1.54, 1.807) is 0 Å². The van der Waals surface area contributed by atoms with Gasteiger partial charge in [0.15, 0.2) is 10.1 Å². The molecule has 9 heavy (non-hydrogen) atoms. The van der Waals surface area contributed by atoms with E-state index in [1.165, 1.54) is 0 Å². The Balaban J connectivity index is 0. The molecule has 3 nitrogen and oxygen atoms in total. The molecule has 0 atom stereocenters. The first-order valence-corrected chi connectivity index (χ1v) is 2.68. The Morgan fingerprint density at radius 3 is 1.33 bits per heavy atom. The van der Waals surface area contributed by atoms with E-state index in [9.17, 15) is 13.2 Å². The smallest absolute Gasteiger partial charge is 0.741 e. The zero-order chi connectivity index (χ0) is 7.00. The molecular weight excluding hydrogens is 308 g/mol. The zero-order valence-electron chi connectivity index (χ0n) is 3.60. The van der Waals surface area contributed by atoms with Gasteiger partial charge in [-0.3, -0.25) is 0 Å². The normalized spacial score (nSPS) is 12.4. The third-order valence-electron chi connectivity index (χ3n) is 0.283. The van der Waals surface area contributed by atoms with Gasteiger partial charge in [0.25, 0.3) is 0 Å². The van der Waals surface area contributed by atoms with E-state index >= 15 is 0 Å². The molecule has 0 aliphatic carbocycles. The Bertz CT molecular complexity index is 168. The molecule has 0 radical (unpaired) electrons. The van der Waals surface area contributed by atoms with Crippen molar-refractivity contribution in [3.05, 3.63) is 0 Å². The molecule has 0 N–H and O–H groups in total. The summed E-state index contributed by atoms with van der Waals surface area (Å²) < 4.78 is 58.9. The van der Waals surface area contributed by atoms with Crippen molar-refractivity contribution >= 4 is 10.1 Å². The van der Waals surface area contributed by atoms with E-state index in [-0.39, 0.29) is 38.6 Å². The zero-order valence-corrected chi connectivity index (χ0v) is 6.56. The quantitative estimate of drug-likeness (QED) is 0.469. The molecule has 8 heteroatoms. The SMILES string of the molecule is O=S(=O)([O-])C(F)(F)F.[Tb+3]. The Morgan fingerprint density at radius 2 is 1.33 bits per heavy atom. The molecule has 0 rings (SSSR count). The van der Waals surface area contributed by atoms with Crippen molar-refractivity contribution in [2.24, 2.45) is 0 Å². The van der Waals surface area contributed by atoms with Crippen LogP contribution in [-0.4, -0.2) is 18.5 Å². The fraction of sp³-hybridized carbons (Fsp3) is 1.00. The summed E-state index contributed by atoms with van der Waals surface area (Å²) in [6.45, 7) is 0. The molecule has 0 aromatic heterocycles. The maximum Gasteiger partial charge on any atom is 3.00 e. The molecule has 0 amide bonds. The molecule has 0 heterocycles. The molecule has 0 unspecified atom stereocenters. The van der Waals surface area contributed by atoms with Crippen LogP contribution in [-0.2, 0) is 10.1 Å². The van der Waals surface area contributed by atoms with Crippen molar-refractivity contribution in [1.29, 1.82) is 0 Å². The van der Waals surface area contributed by atoms with Crippen LogP contribution in [0.15, 0.2) is 0 Å². The predicted molar refractivity (Wildman–Crippen MR) is 15.8 cm³/mol. The van der Waals surface area contributed by atoms with Gasteiger partial charge >= 0.3 is 44.1 Å². The second-order valence-corrected chi connectivity index (χ2v) is 2.27. The van der Waals surface area contributed by atoms with Gasteiger partial charge < -0.3 is 4.55 Å². The van der Waals surface area contributed by atoms with E-state index < -0.39 is 15.6 Å². The first kappa shape index (κ1) is 12.6. The average molecular weight is 308 g/mol. The van der Waals surface area contributed by atoms with Crippen LogP contribution in [0.25, 0.3) is 0 Å². The molecule has 0 saturated carbocycles. The number of alkyl halides is 3. The third kappa shape index (κ3) is 4.40. The van der Waals surface area contributed by atoms with Crippen LogP contribution in [0.1, 0.15) is 0 Å². The second-order valence-electron chi connectivity index (χ2n) is 0.900. The topological polar surface area (TPSA) is 57.2 Å². The second kappa shape index (κ2) is 3.40. The Labute approximate surface area is 79.8 Å². The van der Waals surface area contributed by atoms with Crippen LogP contribution in [0.2, 0.25) is 0 Å². The fourth-order valence-electron chi connectivity index (χ4n) is 0. The van der Waals surface area contributed by atoms with Crippen LogP contribution >= 0.6 is 0 Å². The van der Waals surface area contributed by atoms with Gasteiger partial charge in [-0.05, 0) is 0 Å². The molecule has 0 saturated heterocycles.